The number of carbonyl (C=O) groups is 2. The van der Waals surface area contributed by atoms with E-state index < -0.39 is 11.7 Å². The van der Waals surface area contributed by atoms with Crippen molar-refractivity contribution in [1.82, 2.24) is 19.9 Å². The molecule has 2 aromatic rings. The van der Waals surface area contributed by atoms with Gasteiger partial charge in [-0.2, -0.15) is 0 Å². The van der Waals surface area contributed by atoms with E-state index in [1.54, 1.807) is 0 Å². The Kier molecular flexibility index (Phi) is 4.51. The van der Waals surface area contributed by atoms with Gasteiger partial charge in [0.15, 0.2) is 23.8 Å². The third-order valence-corrected chi connectivity index (χ3v) is 6.89. The third-order valence-electron chi connectivity index (χ3n) is 6.89. The van der Waals surface area contributed by atoms with Crippen LogP contribution in [0.15, 0.2) is 12.4 Å². The zero-order valence-electron chi connectivity index (χ0n) is 18.1. The van der Waals surface area contributed by atoms with E-state index in [2.05, 4.69) is 25.2 Å². The summed E-state index contributed by atoms with van der Waals surface area (Å²) >= 11 is 0. The number of hydrogen-bond donors (Lipinski definition) is 1. The van der Waals surface area contributed by atoms with Gasteiger partial charge in [0.2, 0.25) is 0 Å². The highest BCUT2D eigenvalue weighted by Gasteiger charge is 2.54. The summed E-state index contributed by atoms with van der Waals surface area (Å²) in [4.78, 5) is 40.4. The minimum absolute atomic E-state index is 0.107. The van der Waals surface area contributed by atoms with Crippen LogP contribution in [0.2, 0.25) is 0 Å². The Morgan fingerprint density at radius 2 is 2.00 bits per heavy atom. The minimum Gasteiger partial charge on any atom is -0.465 e. The maximum absolute atomic E-state index is 14.1. The molecule has 0 saturated carbocycles. The van der Waals surface area contributed by atoms with E-state index in [0.29, 0.717) is 31.4 Å². The fraction of sp³-hybridized carbons (Fsp3) is 0.500. The van der Waals surface area contributed by atoms with E-state index in [9.17, 15) is 14.0 Å². The summed E-state index contributed by atoms with van der Waals surface area (Å²) in [5.74, 6) is 0.635. The molecule has 4 aliphatic rings. The molecule has 3 aliphatic heterocycles. The molecule has 172 valence electrons. The first-order valence-corrected chi connectivity index (χ1v) is 11.0. The second kappa shape index (κ2) is 7.34. The van der Waals surface area contributed by atoms with E-state index in [4.69, 9.17) is 9.47 Å². The summed E-state index contributed by atoms with van der Waals surface area (Å²) in [6, 6.07) is 0. The number of hydrogen-bond acceptors (Lipinski definition) is 8. The van der Waals surface area contributed by atoms with Crippen molar-refractivity contribution in [1.29, 1.82) is 0 Å². The Hall–Kier alpha value is -3.34. The molecule has 6 rings (SSSR count). The van der Waals surface area contributed by atoms with Crippen LogP contribution in [0.4, 0.5) is 20.8 Å². The molecule has 0 bridgehead atoms. The number of halogens is 1. The molecule has 10 nitrogen and oxygen atoms in total. The van der Waals surface area contributed by atoms with E-state index in [0.717, 1.165) is 42.6 Å². The fourth-order valence-corrected chi connectivity index (χ4v) is 5.26. The number of likely N-dealkylation sites (tertiary alicyclic amines) is 1. The number of aryl methyl sites for hydroxylation is 1. The molecule has 1 unspecified atom stereocenters. The quantitative estimate of drug-likeness (QED) is 0.740. The number of amides is 2. The molecule has 2 amide bonds. The van der Waals surface area contributed by atoms with Gasteiger partial charge in [0.25, 0.3) is 11.8 Å². The van der Waals surface area contributed by atoms with Crippen LogP contribution in [0.3, 0.4) is 0 Å². The molecule has 0 aromatic carbocycles. The van der Waals surface area contributed by atoms with Crippen molar-refractivity contribution in [2.24, 2.45) is 5.92 Å². The first kappa shape index (κ1) is 20.3. The summed E-state index contributed by atoms with van der Waals surface area (Å²) in [6.45, 7) is 4.35. The first-order chi connectivity index (χ1) is 15.9. The Balaban J connectivity index is 1.05. The summed E-state index contributed by atoms with van der Waals surface area (Å²) in [5, 5.41) is 2.60. The van der Waals surface area contributed by atoms with Gasteiger partial charge in [-0.3, -0.25) is 19.6 Å². The Morgan fingerprint density at radius 1 is 1.18 bits per heavy atom. The zero-order valence-corrected chi connectivity index (χ0v) is 18.1. The minimum atomic E-state index is -0.570. The number of ether oxygens (including phenoxy) is 2. The van der Waals surface area contributed by atoms with E-state index >= 15 is 0 Å². The number of fused-ring (bicyclic) bond motifs is 2. The lowest BCUT2D eigenvalue weighted by Crippen LogP contribution is -2.64. The molecule has 1 aliphatic carbocycles. The van der Waals surface area contributed by atoms with Crippen LogP contribution >= 0.6 is 0 Å². The summed E-state index contributed by atoms with van der Waals surface area (Å²) < 4.78 is 25.0. The molecule has 2 saturated heterocycles. The molecule has 0 radical (unpaired) electrons. The van der Waals surface area contributed by atoms with Crippen LogP contribution in [0.5, 0.6) is 5.88 Å². The van der Waals surface area contributed by atoms with Crippen molar-refractivity contribution in [2.75, 3.05) is 43.0 Å². The normalized spacial score (nSPS) is 23.0. The lowest BCUT2D eigenvalue weighted by atomic mass is 9.92. The van der Waals surface area contributed by atoms with Gasteiger partial charge < -0.3 is 14.8 Å². The summed E-state index contributed by atoms with van der Waals surface area (Å²) in [7, 11) is 0. The highest BCUT2D eigenvalue weighted by molar-refractivity contribution is 5.94. The van der Waals surface area contributed by atoms with Gasteiger partial charge in [0.1, 0.15) is 5.82 Å². The van der Waals surface area contributed by atoms with Gasteiger partial charge in [0.05, 0.1) is 18.9 Å². The van der Waals surface area contributed by atoms with Crippen LogP contribution < -0.4 is 15.0 Å². The maximum atomic E-state index is 14.1. The van der Waals surface area contributed by atoms with Crippen molar-refractivity contribution in [3.8, 4) is 5.88 Å². The number of aromatic nitrogens is 3. The number of nitrogens with one attached hydrogen (secondary N) is 1. The predicted molar refractivity (Wildman–Crippen MR) is 114 cm³/mol. The van der Waals surface area contributed by atoms with Crippen molar-refractivity contribution < 1.29 is 23.5 Å². The highest BCUT2D eigenvalue weighted by atomic mass is 19.1. The van der Waals surface area contributed by atoms with Crippen molar-refractivity contribution in [2.45, 2.75) is 31.8 Å². The Labute approximate surface area is 189 Å². The Bertz CT molecular complexity index is 1140. The average molecular weight is 454 g/mol. The monoisotopic (exact) mass is 454 g/mol. The Morgan fingerprint density at radius 3 is 2.82 bits per heavy atom. The van der Waals surface area contributed by atoms with Crippen LogP contribution in [-0.4, -0.2) is 70.2 Å². The standard InChI is InChI=1S/C22H23FN6O4/c1-12-14-4-13(5-15(14)16(23)6-24-12)2-3-28-9-22(10-28)11-29(21(31)33-22)17-7-25-20-19(26-17)27-18(30)8-32-20/h6-7,13H,2-5,8-11H2,1H3,(H,26,27,30). The molecule has 5 heterocycles. The van der Waals surface area contributed by atoms with Crippen LogP contribution in [0, 0.1) is 18.7 Å². The fourth-order valence-electron chi connectivity index (χ4n) is 5.26. The SMILES string of the molecule is Cc1ncc(F)c2c1CC(CCN1CC3(C1)CN(c1cnc4c(n1)NC(=O)CO4)C(=O)O3)C2. The van der Waals surface area contributed by atoms with Crippen molar-refractivity contribution in [3.63, 3.8) is 0 Å². The highest BCUT2D eigenvalue weighted by Crippen LogP contribution is 2.37. The largest absolute Gasteiger partial charge is 0.465 e. The number of carbonyl (C=O) groups excluding carboxylic acids is 2. The topological polar surface area (TPSA) is 110 Å². The van der Waals surface area contributed by atoms with Gasteiger partial charge in [-0.15, -0.1) is 0 Å². The van der Waals surface area contributed by atoms with Crippen LogP contribution in [-0.2, 0) is 22.4 Å². The van der Waals surface area contributed by atoms with E-state index in [-0.39, 0.29) is 30.0 Å². The van der Waals surface area contributed by atoms with Gasteiger partial charge in [0, 0.05) is 18.8 Å². The van der Waals surface area contributed by atoms with Gasteiger partial charge in [-0.25, -0.2) is 19.2 Å². The average Bonchev–Trinajstić information content (AvgIpc) is 3.36. The van der Waals surface area contributed by atoms with Gasteiger partial charge in [-0.05, 0) is 49.8 Å². The van der Waals surface area contributed by atoms with Crippen molar-refractivity contribution >= 4 is 23.6 Å². The number of rotatable bonds is 4. The number of nitrogens with zero attached hydrogens (tertiary/aromatic N) is 5. The van der Waals surface area contributed by atoms with Crippen LogP contribution in [0.25, 0.3) is 0 Å². The van der Waals surface area contributed by atoms with Crippen LogP contribution in [0.1, 0.15) is 23.2 Å². The molecular formula is C22H23FN6O4. The summed E-state index contributed by atoms with van der Waals surface area (Å²) in [6.07, 6.45) is 4.87. The third kappa shape index (κ3) is 3.47. The molecule has 2 fully saturated rings. The van der Waals surface area contributed by atoms with Crippen molar-refractivity contribution in [3.05, 3.63) is 35.0 Å². The molecule has 33 heavy (non-hydrogen) atoms. The van der Waals surface area contributed by atoms with E-state index in [1.807, 2.05) is 6.92 Å². The first-order valence-electron chi connectivity index (χ1n) is 11.0. The lowest BCUT2D eigenvalue weighted by molar-refractivity contribution is -0.118. The predicted octanol–water partition coefficient (Wildman–Crippen LogP) is 1.47. The lowest BCUT2D eigenvalue weighted by Gasteiger charge is -2.45. The van der Waals surface area contributed by atoms with Gasteiger partial charge >= 0.3 is 6.09 Å². The maximum Gasteiger partial charge on any atom is 0.416 e. The molecular weight excluding hydrogens is 431 g/mol. The molecule has 1 spiro atoms. The second-order valence-corrected chi connectivity index (χ2v) is 9.28. The molecule has 11 heteroatoms. The zero-order chi connectivity index (χ0) is 22.7. The molecule has 1 N–H and O–H groups in total. The smallest absolute Gasteiger partial charge is 0.416 e. The number of pyridine rings is 1. The molecule has 2 aromatic heterocycles. The van der Waals surface area contributed by atoms with Gasteiger partial charge in [-0.1, -0.05) is 0 Å². The number of anilines is 2. The summed E-state index contributed by atoms with van der Waals surface area (Å²) in [5.41, 5.74) is 2.24. The van der Waals surface area contributed by atoms with E-state index in [1.165, 1.54) is 17.3 Å². The second-order valence-electron chi connectivity index (χ2n) is 9.28. The molecule has 1 atom stereocenters.